The fourth-order valence-corrected chi connectivity index (χ4v) is 1.97. The van der Waals surface area contributed by atoms with Gasteiger partial charge in [-0.2, -0.15) is 0 Å². The Bertz CT molecular complexity index is 572. The van der Waals surface area contributed by atoms with Crippen LogP contribution in [0.15, 0.2) is 40.9 Å². The first-order chi connectivity index (χ1) is 8.56. The molecule has 1 N–H and O–H groups in total. The maximum atomic E-state index is 13.0. The van der Waals surface area contributed by atoms with Gasteiger partial charge in [-0.3, -0.25) is 0 Å². The summed E-state index contributed by atoms with van der Waals surface area (Å²) < 4.78 is 39.1. The predicted molar refractivity (Wildman–Crippen MR) is 67.8 cm³/mol. The maximum absolute atomic E-state index is 13.0. The fourth-order valence-electron chi connectivity index (χ4n) is 1.48. The predicted octanol–water partition coefficient (Wildman–Crippen LogP) is 4.48. The number of hydrogen-bond donors (Lipinski definition) is 1. The highest BCUT2D eigenvalue weighted by atomic mass is 79.9. The summed E-state index contributed by atoms with van der Waals surface area (Å²) in [5, 5.41) is 3.00. The highest BCUT2D eigenvalue weighted by molar-refractivity contribution is 9.10. The van der Waals surface area contributed by atoms with Crippen LogP contribution in [0.3, 0.4) is 0 Å². The minimum Gasteiger partial charge on any atom is -0.380 e. The topological polar surface area (TPSA) is 12.0 Å². The van der Waals surface area contributed by atoms with Crippen molar-refractivity contribution >= 4 is 21.6 Å². The quantitative estimate of drug-likeness (QED) is 0.880. The Hall–Kier alpha value is -1.49. The minimum absolute atomic E-state index is 0.321. The first-order valence-electron chi connectivity index (χ1n) is 5.19. The summed E-state index contributed by atoms with van der Waals surface area (Å²) in [7, 11) is 0. The van der Waals surface area contributed by atoms with E-state index in [2.05, 4.69) is 21.2 Å². The zero-order valence-electron chi connectivity index (χ0n) is 9.18. The fraction of sp³-hybridized carbons (Fsp3) is 0.0769. The monoisotopic (exact) mass is 315 g/mol. The Kier molecular flexibility index (Phi) is 3.91. The molecule has 0 saturated heterocycles. The van der Waals surface area contributed by atoms with Gasteiger partial charge in [0.15, 0.2) is 11.6 Å². The number of halogens is 4. The third-order valence-corrected chi connectivity index (χ3v) is 3.05. The SMILES string of the molecule is Fc1ccc(NCc2ccc(F)c(F)c2)c(Br)c1. The van der Waals surface area contributed by atoms with E-state index in [-0.39, 0.29) is 5.82 Å². The molecule has 0 amide bonds. The summed E-state index contributed by atoms with van der Waals surface area (Å²) in [5.74, 6) is -2.10. The van der Waals surface area contributed by atoms with Crippen LogP contribution >= 0.6 is 15.9 Å². The Balaban J connectivity index is 2.09. The van der Waals surface area contributed by atoms with Crippen molar-refractivity contribution in [2.45, 2.75) is 6.54 Å². The number of benzene rings is 2. The third-order valence-electron chi connectivity index (χ3n) is 2.40. The van der Waals surface area contributed by atoms with Gasteiger partial charge in [-0.05, 0) is 51.8 Å². The zero-order chi connectivity index (χ0) is 13.1. The lowest BCUT2D eigenvalue weighted by atomic mass is 10.2. The lowest BCUT2D eigenvalue weighted by Gasteiger charge is -2.09. The average molecular weight is 316 g/mol. The second-order valence-corrected chi connectivity index (χ2v) is 4.58. The van der Waals surface area contributed by atoms with Crippen LogP contribution in [-0.4, -0.2) is 0 Å². The van der Waals surface area contributed by atoms with Crippen LogP contribution in [0.1, 0.15) is 5.56 Å². The maximum Gasteiger partial charge on any atom is 0.159 e. The van der Waals surface area contributed by atoms with Crippen molar-refractivity contribution < 1.29 is 13.2 Å². The summed E-state index contributed by atoms with van der Waals surface area (Å²) >= 11 is 3.21. The summed E-state index contributed by atoms with van der Waals surface area (Å²) in [4.78, 5) is 0. The standard InChI is InChI=1S/C13H9BrF3N/c14-10-6-9(15)2-4-13(10)18-7-8-1-3-11(16)12(17)5-8/h1-6,18H,7H2. The van der Waals surface area contributed by atoms with Gasteiger partial charge in [-0.15, -0.1) is 0 Å². The van der Waals surface area contributed by atoms with E-state index in [0.29, 0.717) is 22.3 Å². The third kappa shape index (κ3) is 3.04. The van der Waals surface area contributed by atoms with Crippen molar-refractivity contribution in [3.63, 3.8) is 0 Å². The van der Waals surface area contributed by atoms with Gasteiger partial charge in [0.2, 0.25) is 0 Å². The molecule has 0 spiro atoms. The molecule has 2 rings (SSSR count). The highest BCUT2D eigenvalue weighted by Gasteiger charge is 2.04. The molecule has 0 aliphatic rings. The molecule has 0 heterocycles. The van der Waals surface area contributed by atoms with Crippen molar-refractivity contribution in [3.8, 4) is 0 Å². The van der Waals surface area contributed by atoms with Crippen LogP contribution in [0.4, 0.5) is 18.9 Å². The van der Waals surface area contributed by atoms with E-state index in [1.54, 1.807) is 6.07 Å². The van der Waals surface area contributed by atoms with E-state index < -0.39 is 11.6 Å². The van der Waals surface area contributed by atoms with Gasteiger partial charge in [-0.1, -0.05) is 6.07 Å². The van der Waals surface area contributed by atoms with Crippen LogP contribution < -0.4 is 5.32 Å². The van der Waals surface area contributed by atoms with E-state index in [9.17, 15) is 13.2 Å². The molecular weight excluding hydrogens is 307 g/mol. The van der Waals surface area contributed by atoms with E-state index >= 15 is 0 Å². The van der Waals surface area contributed by atoms with Gasteiger partial charge < -0.3 is 5.32 Å². The zero-order valence-corrected chi connectivity index (χ0v) is 10.8. The molecule has 0 aliphatic carbocycles. The molecule has 0 bridgehead atoms. The molecule has 0 radical (unpaired) electrons. The molecular formula is C13H9BrF3N. The Morgan fingerprint density at radius 2 is 1.72 bits per heavy atom. The smallest absolute Gasteiger partial charge is 0.159 e. The van der Waals surface area contributed by atoms with E-state index in [0.717, 1.165) is 12.1 Å². The summed E-state index contributed by atoms with van der Waals surface area (Å²) in [6.45, 7) is 0.321. The highest BCUT2D eigenvalue weighted by Crippen LogP contribution is 2.23. The van der Waals surface area contributed by atoms with Gasteiger partial charge >= 0.3 is 0 Å². The second-order valence-electron chi connectivity index (χ2n) is 3.73. The van der Waals surface area contributed by atoms with Gasteiger partial charge in [0.1, 0.15) is 5.82 Å². The second kappa shape index (κ2) is 5.44. The lowest BCUT2D eigenvalue weighted by Crippen LogP contribution is -2.01. The van der Waals surface area contributed by atoms with Crippen LogP contribution in [0, 0.1) is 17.5 Å². The molecule has 2 aromatic rings. The molecule has 1 nitrogen and oxygen atoms in total. The molecule has 2 aromatic carbocycles. The Morgan fingerprint density at radius 1 is 0.944 bits per heavy atom. The molecule has 5 heteroatoms. The first kappa shape index (κ1) is 13.0. The normalized spacial score (nSPS) is 10.4. The van der Waals surface area contributed by atoms with Gasteiger partial charge in [-0.25, -0.2) is 13.2 Å². The largest absolute Gasteiger partial charge is 0.380 e. The minimum atomic E-state index is -0.882. The summed E-state index contributed by atoms with van der Waals surface area (Å²) in [6.07, 6.45) is 0. The van der Waals surface area contributed by atoms with Gasteiger partial charge in [0, 0.05) is 16.7 Å². The molecule has 0 unspecified atom stereocenters. The van der Waals surface area contributed by atoms with Crippen molar-refractivity contribution in [2.75, 3.05) is 5.32 Å². The molecule has 0 fully saturated rings. The number of nitrogens with one attached hydrogen (secondary N) is 1. The van der Waals surface area contributed by atoms with Crippen LogP contribution in [0.2, 0.25) is 0 Å². The van der Waals surface area contributed by atoms with Crippen molar-refractivity contribution in [1.82, 2.24) is 0 Å². The van der Waals surface area contributed by atoms with Crippen molar-refractivity contribution in [1.29, 1.82) is 0 Å². The molecule has 94 valence electrons. The van der Waals surface area contributed by atoms with E-state index in [1.165, 1.54) is 18.2 Å². The molecule has 0 aromatic heterocycles. The van der Waals surface area contributed by atoms with E-state index in [1.807, 2.05) is 0 Å². The Morgan fingerprint density at radius 3 is 2.39 bits per heavy atom. The molecule has 0 atom stereocenters. The Labute approximate surface area is 111 Å². The number of rotatable bonds is 3. The molecule has 18 heavy (non-hydrogen) atoms. The lowest BCUT2D eigenvalue weighted by molar-refractivity contribution is 0.507. The van der Waals surface area contributed by atoms with Crippen LogP contribution in [-0.2, 0) is 6.54 Å². The number of anilines is 1. The van der Waals surface area contributed by atoms with Crippen LogP contribution in [0.5, 0.6) is 0 Å². The van der Waals surface area contributed by atoms with Crippen molar-refractivity contribution in [2.24, 2.45) is 0 Å². The van der Waals surface area contributed by atoms with Gasteiger partial charge in [0.05, 0.1) is 0 Å². The molecule has 0 aliphatic heterocycles. The first-order valence-corrected chi connectivity index (χ1v) is 5.98. The summed E-state index contributed by atoms with van der Waals surface area (Å²) in [6, 6.07) is 7.90. The average Bonchev–Trinajstić information content (AvgIpc) is 2.32. The van der Waals surface area contributed by atoms with E-state index in [4.69, 9.17) is 0 Å². The molecule has 0 saturated carbocycles. The van der Waals surface area contributed by atoms with Crippen LogP contribution in [0.25, 0.3) is 0 Å². The summed E-state index contributed by atoms with van der Waals surface area (Å²) in [5.41, 5.74) is 1.28. The van der Waals surface area contributed by atoms with Gasteiger partial charge in [0.25, 0.3) is 0 Å². The van der Waals surface area contributed by atoms with Crippen molar-refractivity contribution in [3.05, 3.63) is 63.9 Å². The number of hydrogen-bond acceptors (Lipinski definition) is 1.